The van der Waals surface area contributed by atoms with E-state index >= 15 is 0 Å². The molecule has 0 bridgehead atoms. The van der Waals surface area contributed by atoms with Gasteiger partial charge in [-0.15, -0.1) is 0 Å². The monoisotopic (exact) mass is 805 g/mol. The number of unbranched alkanes of at least 4 members (excludes halogenated alkanes) is 13. The molecule has 0 spiro atoms. The predicted octanol–water partition coefficient (Wildman–Crippen LogP) is 11.3. The van der Waals surface area contributed by atoms with Gasteiger partial charge in [-0.1, -0.05) is 118 Å². The van der Waals surface area contributed by atoms with Crippen LogP contribution >= 0.6 is 0 Å². The fraction of sp³-hybridized carbons (Fsp3) is 1.00. The van der Waals surface area contributed by atoms with E-state index in [4.69, 9.17) is 31.4 Å². The van der Waals surface area contributed by atoms with Gasteiger partial charge in [0.15, 0.2) is 0 Å². The van der Waals surface area contributed by atoms with E-state index in [1.54, 1.807) is 0 Å². The second kappa shape index (κ2) is 29.9. The number of hydrogen-bond acceptors (Lipinski definition) is 7. The minimum atomic E-state index is 0.153. The van der Waals surface area contributed by atoms with E-state index < -0.39 is 0 Å². The van der Waals surface area contributed by atoms with Gasteiger partial charge in [-0.25, -0.2) is 0 Å². The number of hydrogen-bond donors (Lipinski definition) is 4. The second-order valence-corrected chi connectivity index (χ2v) is 19.9. The van der Waals surface area contributed by atoms with Gasteiger partial charge in [-0.05, 0) is 158 Å². The molecule has 0 aromatic rings. The van der Waals surface area contributed by atoms with Crippen LogP contribution in [-0.2, 0) is 14.2 Å². The maximum atomic E-state index is 7.09. The zero-order chi connectivity index (χ0) is 41.2. The van der Waals surface area contributed by atoms with Gasteiger partial charge in [0.05, 0.1) is 18.3 Å². The lowest BCUT2D eigenvalue weighted by Crippen LogP contribution is -2.59. The van der Waals surface area contributed by atoms with Crippen molar-refractivity contribution in [2.75, 3.05) is 52.5 Å². The molecule has 3 aliphatic rings. The van der Waals surface area contributed by atoms with E-state index in [1.165, 1.54) is 135 Å². The van der Waals surface area contributed by atoms with E-state index in [9.17, 15) is 0 Å². The third-order valence-corrected chi connectivity index (χ3v) is 15.7. The summed E-state index contributed by atoms with van der Waals surface area (Å²) < 4.78 is 20.3. The van der Waals surface area contributed by atoms with Crippen LogP contribution in [0.2, 0.25) is 0 Å². The second-order valence-electron chi connectivity index (χ2n) is 19.9. The van der Waals surface area contributed by atoms with Crippen molar-refractivity contribution < 1.29 is 14.2 Å². The van der Waals surface area contributed by atoms with Gasteiger partial charge in [0, 0.05) is 25.2 Å². The van der Waals surface area contributed by atoms with Crippen molar-refractivity contribution in [2.45, 2.75) is 226 Å². The minimum Gasteiger partial charge on any atom is -0.378 e. The number of nitrogens with one attached hydrogen (secondary N) is 1. The van der Waals surface area contributed by atoms with Crippen LogP contribution in [0.3, 0.4) is 0 Å². The molecule has 0 aliphatic heterocycles. The smallest absolute Gasteiger partial charge is 0.0637 e. The summed E-state index contributed by atoms with van der Waals surface area (Å²) in [5.41, 5.74) is 18.2. The van der Waals surface area contributed by atoms with Gasteiger partial charge < -0.3 is 36.7 Å². The number of fused-ring (bicyclic) bond motifs is 1. The molecule has 0 aromatic carbocycles. The van der Waals surface area contributed by atoms with Crippen LogP contribution in [-0.4, -0.2) is 70.9 Å². The van der Waals surface area contributed by atoms with Crippen molar-refractivity contribution in [3.05, 3.63) is 0 Å². The Hall–Kier alpha value is -0.280. The highest BCUT2D eigenvalue weighted by Gasteiger charge is 2.63. The number of ether oxygens (including phenoxy) is 3. The van der Waals surface area contributed by atoms with Crippen LogP contribution in [0.1, 0.15) is 208 Å². The van der Waals surface area contributed by atoms with Gasteiger partial charge in [-0.2, -0.15) is 0 Å². The molecular formula is C50H100N4O3. The van der Waals surface area contributed by atoms with Crippen LogP contribution in [0.5, 0.6) is 0 Å². The van der Waals surface area contributed by atoms with Crippen LogP contribution in [0.25, 0.3) is 0 Å². The largest absolute Gasteiger partial charge is 0.378 e. The molecule has 7 nitrogen and oxygen atoms in total. The number of nitrogens with two attached hydrogens (primary N) is 3. The highest BCUT2D eigenvalue weighted by atomic mass is 16.5. The Morgan fingerprint density at radius 3 is 1.74 bits per heavy atom. The molecule has 3 aliphatic carbocycles. The van der Waals surface area contributed by atoms with E-state index in [0.717, 1.165) is 71.3 Å². The van der Waals surface area contributed by atoms with Crippen molar-refractivity contribution in [3.63, 3.8) is 0 Å². The maximum absolute atomic E-state index is 7.09. The first-order valence-corrected chi connectivity index (χ1v) is 25.5. The Balaban J connectivity index is 1.54. The normalized spacial score (nSPS) is 30.1. The molecule has 7 heteroatoms. The number of rotatable bonds is 35. The van der Waals surface area contributed by atoms with Crippen LogP contribution in [0.4, 0.5) is 0 Å². The third-order valence-electron chi connectivity index (χ3n) is 15.7. The molecule has 0 radical (unpaired) electrons. The first-order valence-electron chi connectivity index (χ1n) is 25.5. The van der Waals surface area contributed by atoms with Gasteiger partial charge in [0.2, 0.25) is 0 Å². The maximum Gasteiger partial charge on any atom is 0.0637 e. The standard InChI is InChI=1S/C50H100N4O3/c1-6-8-9-10-11-12-13-14-15-16-17-18-19-20-35-54-36-21-25-41(3)43-26-27-44-48(46(7-2)56-38-23-33-52)45(40-47(50(43,44)5)57-39-24-34-53)49(4)30-28-42(29-31-49)55-37-22-32-51/h41-48,54H,6-40,51-53H2,1-5H3/t41-,42?,43-,44+,45+,46-,47+,48+,49?,50-/m1/s1. The zero-order valence-corrected chi connectivity index (χ0v) is 38.8. The van der Waals surface area contributed by atoms with Crippen molar-refractivity contribution in [3.8, 4) is 0 Å². The summed E-state index contributed by atoms with van der Waals surface area (Å²) in [6, 6.07) is 0. The highest BCUT2D eigenvalue weighted by Crippen LogP contribution is 2.66. The Labute approximate surface area is 355 Å². The fourth-order valence-electron chi connectivity index (χ4n) is 12.2. The summed E-state index contributed by atoms with van der Waals surface area (Å²) in [6.07, 6.45) is 35.9. The van der Waals surface area contributed by atoms with E-state index in [2.05, 4.69) is 39.9 Å². The SMILES string of the molecule is CCCCCCCCCCCCCCCCNCCC[C@@H](C)[C@H]1CC[C@H]2[C@H]([C@@H](CC)OCCCN)[C@@H](C3(C)CCC(OCCCN)CC3)C[C@H](OCCCN)[C@]12C. The van der Waals surface area contributed by atoms with Crippen molar-refractivity contribution >= 4 is 0 Å². The molecule has 3 saturated carbocycles. The molecule has 0 unspecified atom stereocenters. The summed E-state index contributed by atoms with van der Waals surface area (Å²) in [7, 11) is 0. The first-order chi connectivity index (χ1) is 27.8. The van der Waals surface area contributed by atoms with Crippen LogP contribution in [0, 0.1) is 40.4 Å². The summed E-state index contributed by atoms with van der Waals surface area (Å²) in [5.74, 6) is 3.12. The van der Waals surface area contributed by atoms with Gasteiger partial charge in [0.25, 0.3) is 0 Å². The Bertz CT molecular complexity index is 962. The fourth-order valence-corrected chi connectivity index (χ4v) is 12.2. The van der Waals surface area contributed by atoms with Crippen molar-refractivity contribution in [1.29, 1.82) is 0 Å². The Morgan fingerprint density at radius 2 is 1.16 bits per heavy atom. The molecular weight excluding hydrogens is 705 g/mol. The van der Waals surface area contributed by atoms with Crippen LogP contribution < -0.4 is 22.5 Å². The van der Waals surface area contributed by atoms with Crippen molar-refractivity contribution in [1.82, 2.24) is 5.32 Å². The van der Waals surface area contributed by atoms with E-state index in [1.807, 2.05) is 0 Å². The van der Waals surface area contributed by atoms with E-state index in [0.29, 0.717) is 55.3 Å². The Kier molecular flexibility index (Phi) is 26.8. The molecule has 8 atom stereocenters. The Morgan fingerprint density at radius 1 is 0.614 bits per heavy atom. The summed E-state index contributed by atoms with van der Waals surface area (Å²) in [5, 5.41) is 3.82. The predicted molar refractivity (Wildman–Crippen MR) is 245 cm³/mol. The molecule has 0 amide bonds. The highest BCUT2D eigenvalue weighted by molar-refractivity contribution is 5.12. The molecule has 0 heterocycles. The lowest BCUT2D eigenvalue weighted by Gasteiger charge is -2.60. The average molecular weight is 805 g/mol. The quantitative estimate of drug-likeness (QED) is 0.0471. The zero-order valence-electron chi connectivity index (χ0n) is 38.8. The first kappa shape index (κ1) is 51.1. The molecule has 57 heavy (non-hydrogen) atoms. The summed E-state index contributed by atoms with van der Waals surface area (Å²) in [6.45, 7) is 19.3. The van der Waals surface area contributed by atoms with Gasteiger partial charge in [0.1, 0.15) is 0 Å². The van der Waals surface area contributed by atoms with Gasteiger partial charge >= 0.3 is 0 Å². The molecule has 0 saturated heterocycles. The summed E-state index contributed by atoms with van der Waals surface area (Å²) >= 11 is 0. The van der Waals surface area contributed by atoms with E-state index in [-0.39, 0.29) is 23.0 Å². The third kappa shape index (κ3) is 16.8. The summed E-state index contributed by atoms with van der Waals surface area (Å²) in [4.78, 5) is 0. The minimum absolute atomic E-state index is 0.153. The molecule has 3 rings (SSSR count). The average Bonchev–Trinajstić information content (AvgIpc) is 3.58. The topological polar surface area (TPSA) is 118 Å². The van der Waals surface area contributed by atoms with Crippen molar-refractivity contribution in [2.24, 2.45) is 57.6 Å². The molecule has 0 aromatic heterocycles. The lowest BCUT2D eigenvalue weighted by atomic mass is 9.48. The van der Waals surface area contributed by atoms with Gasteiger partial charge in [-0.3, -0.25) is 0 Å². The molecule has 338 valence electrons. The molecule has 7 N–H and O–H groups in total. The molecule has 3 fully saturated rings. The van der Waals surface area contributed by atoms with Crippen LogP contribution in [0.15, 0.2) is 0 Å². The lowest BCUT2D eigenvalue weighted by molar-refractivity contribution is -0.191.